The first kappa shape index (κ1) is 16.1. The van der Waals surface area contributed by atoms with Crippen LogP contribution in [0.1, 0.15) is 58.8 Å². The van der Waals surface area contributed by atoms with Crippen LogP contribution >= 0.6 is 0 Å². The molecular formula is C16H28N2O3. The van der Waals surface area contributed by atoms with Crippen LogP contribution in [0.15, 0.2) is 0 Å². The minimum Gasteiger partial charge on any atom is -0.481 e. The molecule has 21 heavy (non-hydrogen) atoms. The monoisotopic (exact) mass is 296 g/mol. The summed E-state index contributed by atoms with van der Waals surface area (Å²) in [5.41, 5.74) is 0.385. The standard InChI is InChI=1S/C16H28N2O3/c1-3-16(2)8-10-18(11-9-16)15(21)17-13-6-4-12(5-7-13)14(19)20/h12-13H,3-11H2,1-2H3,(H,17,21)(H,19,20). The van der Waals surface area contributed by atoms with E-state index in [-0.39, 0.29) is 18.0 Å². The van der Waals surface area contributed by atoms with Crippen molar-refractivity contribution in [2.45, 2.75) is 64.8 Å². The Morgan fingerprint density at radius 2 is 1.76 bits per heavy atom. The molecule has 1 aliphatic carbocycles. The zero-order valence-electron chi connectivity index (χ0n) is 13.2. The fourth-order valence-electron chi connectivity index (χ4n) is 3.35. The molecule has 5 nitrogen and oxygen atoms in total. The molecular weight excluding hydrogens is 268 g/mol. The van der Waals surface area contributed by atoms with Crippen molar-refractivity contribution in [3.8, 4) is 0 Å². The van der Waals surface area contributed by atoms with E-state index in [1.54, 1.807) is 0 Å². The lowest BCUT2D eigenvalue weighted by Crippen LogP contribution is -2.50. The summed E-state index contributed by atoms with van der Waals surface area (Å²) in [6, 6.07) is 0.180. The lowest BCUT2D eigenvalue weighted by molar-refractivity contribution is -0.142. The van der Waals surface area contributed by atoms with Crippen molar-refractivity contribution in [1.82, 2.24) is 10.2 Å². The van der Waals surface area contributed by atoms with Gasteiger partial charge in [-0.3, -0.25) is 4.79 Å². The van der Waals surface area contributed by atoms with Gasteiger partial charge in [-0.2, -0.15) is 0 Å². The molecule has 1 aliphatic heterocycles. The molecule has 2 rings (SSSR count). The number of hydrogen-bond acceptors (Lipinski definition) is 2. The lowest BCUT2D eigenvalue weighted by atomic mass is 9.78. The minimum absolute atomic E-state index is 0.0342. The maximum absolute atomic E-state index is 12.3. The van der Waals surface area contributed by atoms with Gasteiger partial charge in [-0.25, -0.2) is 4.79 Å². The van der Waals surface area contributed by atoms with Gasteiger partial charge in [-0.05, 0) is 43.9 Å². The highest BCUT2D eigenvalue weighted by atomic mass is 16.4. The van der Waals surface area contributed by atoms with Gasteiger partial charge in [-0.1, -0.05) is 20.3 Å². The average Bonchev–Trinajstić information content (AvgIpc) is 2.48. The van der Waals surface area contributed by atoms with Crippen LogP contribution in [0, 0.1) is 11.3 Å². The predicted molar refractivity (Wildman–Crippen MR) is 81.1 cm³/mol. The van der Waals surface area contributed by atoms with Gasteiger partial charge in [0.15, 0.2) is 0 Å². The van der Waals surface area contributed by atoms with E-state index in [0.717, 1.165) is 38.8 Å². The zero-order chi connectivity index (χ0) is 15.5. The molecule has 1 saturated carbocycles. The molecule has 120 valence electrons. The van der Waals surface area contributed by atoms with Crippen molar-refractivity contribution >= 4 is 12.0 Å². The topological polar surface area (TPSA) is 69.6 Å². The molecule has 0 aromatic carbocycles. The number of aliphatic carboxylic acids is 1. The van der Waals surface area contributed by atoms with Crippen molar-refractivity contribution in [3.63, 3.8) is 0 Å². The third kappa shape index (κ3) is 4.11. The molecule has 0 bridgehead atoms. The van der Waals surface area contributed by atoms with Gasteiger partial charge in [0.2, 0.25) is 0 Å². The number of carboxylic acid groups (broad SMARTS) is 1. The number of carboxylic acids is 1. The Kier molecular flexibility index (Phi) is 5.12. The number of rotatable bonds is 3. The molecule has 0 aromatic rings. The van der Waals surface area contributed by atoms with Crippen LogP contribution < -0.4 is 5.32 Å². The van der Waals surface area contributed by atoms with Gasteiger partial charge in [0, 0.05) is 19.1 Å². The molecule has 2 N–H and O–H groups in total. The van der Waals surface area contributed by atoms with Gasteiger partial charge < -0.3 is 15.3 Å². The van der Waals surface area contributed by atoms with Crippen LogP contribution in [-0.4, -0.2) is 41.1 Å². The summed E-state index contributed by atoms with van der Waals surface area (Å²) in [6.45, 7) is 6.19. The van der Waals surface area contributed by atoms with E-state index < -0.39 is 5.97 Å². The van der Waals surface area contributed by atoms with E-state index in [0.29, 0.717) is 18.3 Å². The Hall–Kier alpha value is -1.26. The van der Waals surface area contributed by atoms with Crippen LogP contribution in [-0.2, 0) is 4.79 Å². The van der Waals surface area contributed by atoms with Gasteiger partial charge >= 0.3 is 12.0 Å². The first-order valence-electron chi connectivity index (χ1n) is 8.22. The number of piperidine rings is 1. The van der Waals surface area contributed by atoms with Crippen molar-refractivity contribution in [2.24, 2.45) is 11.3 Å². The second-order valence-electron chi connectivity index (χ2n) is 6.99. The normalized spacial score (nSPS) is 29.0. The summed E-state index contributed by atoms with van der Waals surface area (Å²) < 4.78 is 0. The van der Waals surface area contributed by atoms with Gasteiger partial charge in [-0.15, -0.1) is 0 Å². The maximum Gasteiger partial charge on any atom is 0.317 e. The van der Waals surface area contributed by atoms with Crippen LogP contribution in [0.5, 0.6) is 0 Å². The van der Waals surface area contributed by atoms with Crippen molar-refractivity contribution in [3.05, 3.63) is 0 Å². The molecule has 0 unspecified atom stereocenters. The number of carbonyl (C=O) groups is 2. The van der Waals surface area contributed by atoms with E-state index in [1.165, 1.54) is 6.42 Å². The number of nitrogens with zero attached hydrogens (tertiary/aromatic N) is 1. The number of nitrogens with one attached hydrogen (secondary N) is 1. The summed E-state index contributed by atoms with van der Waals surface area (Å²) >= 11 is 0. The van der Waals surface area contributed by atoms with E-state index in [9.17, 15) is 9.59 Å². The number of amides is 2. The summed E-state index contributed by atoms with van der Waals surface area (Å²) in [6.07, 6.45) is 6.22. The second-order valence-corrected chi connectivity index (χ2v) is 6.99. The first-order chi connectivity index (χ1) is 9.93. The van der Waals surface area contributed by atoms with E-state index in [2.05, 4.69) is 19.2 Å². The molecule has 2 aliphatic rings. The van der Waals surface area contributed by atoms with Crippen LogP contribution in [0.3, 0.4) is 0 Å². The number of carbonyl (C=O) groups excluding carboxylic acids is 1. The minimum atomic E-state index is -0.699. The van der Waals surface area contributed by atoms with Gasteiger partial charge in [0.25, 0.3) is 0 Å². The third-order valence-electron chi connectivity index (χ3n) is 5.52. The van der Waals surface area contributed by atoms with E-state index in [4.69, 9.17) is 5.11 Å². The smallest absolute Gasteiger partial charge is 0.317 e. The summed E-state index contributed by atoms with van der Waals surface area (Å²) in [7, 11) is 0. The Morgan fingerprint density at radius 1 is 1.19 bits per heavy atom. The molecule has 0 aromatic heterocycles. The first-order valence-corrected chi connectivity index (χ1v) is 8.22. The van der Waals surface area contributed by atoms with E-state index >= 15 is 0 Å². The fourth-order valence-corrected chi connectivity index (χ4v) is 3.35. The molecule has 5 heteroatoms. The van der Waals surface area contributed by atoms with Crippen molar-refractivity contribution < 1.29 is 14.7 Å². The van der Waals surface area contributed by atoms with Crippen LogP contribution in [0.4, 0.5) is 4.79 Å². The average molecular weight is 296 g/mol. The molecule has 2 amide bonds. The molecule has 0 atom stereocenters. The van der Waals surface area contributed by atoms with E-state index in [1.807, 2.05) is 4.90 Å². The SMILES string of the molecule is CCC1(C)CCN(C(=O)NC2CCC(C(=O)O)CC2)CC1. The molecule has 1 heterocycles. The van der Waals surface area contributed by atoms with Crippen molar-refractivity contribution in [2.75, 3.05) is 13.1 Å². The summed E-state index contributed by atoms with van der Waals surface area (Å²) in [4.78, 5) is 25.1. The molecule has 2 fully saturated rings. The Morgan fingerprint density at radius 3 is 2.24 bits per heavy atom. The molecule has 1 saturated heterocycles. The zero-order valence-corrected chi connectivity index (χ0v) is 13.2. The number of hydrogen-bond donors (Lipinski definition) is 2. The number of likely N-dealkylation sites (tertiary alicyclic amines) is 1. The Balaban J connectivity index is 1.75. The number of urea groups is 1. The Bertz CT molecular complexity index is 381. The summed E-state index contributed by atoms with van der Waals surface area (Å²) in [5, 5.41) is 12.1. The van der Waals surface area contributed by atoms with Gasteiger partial charge in [0.1, 0.15) is 0 Å². The summed E-state index contributed by atoms with van der Waals surface area (Å²) in [5.74, 6) is -0.923. The highest BCUT2D eigenvalue weighted by molar-refractivity contribution is 5.75. The third-order valence-corrected chi connectivity index (χ3v) is 5.52. The highest BCUT2D eigenvalue weighted by Gasteiger charge is 2.32. The quantitative estimate of drug-likeness (QED) is 0.841. The fraction of sp³-hybridized carbons (Fsp3) is 0.875. The largest absolute Gasteiger partial charge is 0.481 e. The van der Waals surface area contributed by atoms with Crippen LogP contribution in [0.2, 0.25) is 0 Å². The Labute approximate surface area is 127 Å². The molecule has 0 radical (unpaired) electrons. The second kappa shape index (κ2) is 6.67. The lowest BCUT2D eigenvalue weighted by Gasteiger charge is -2.39. The highest BCUT2D eigenvalue weighted by Crippen LogP contribution is 2.34. The van der Waals surface area contributed by atoms with Gasteiger partial charge in [0.05, 0.1) is 5.92 Å². The molecule has 0 spiro atoms. The predicted octanol–water partition coefficient (Wildman–Crippen LogP) is 2.85. The van der Waals surface area contributed by atoms with Crippen molar-refractivity contribution in [1.29, 1.82) is 0 Å². The van der Waals surface area contributed by atoms with Crippen LogP contribution in [0.25, 0.3) is 0 Å². The maximum atomic E-state index is 12.3.